The molecule has 1 fully saturated rings. The van der Waals surface area contributed by atoms with Gasteiger partial charge in [-0.2, -0.15) is 26.7 Å². The van der Waals surface area contributed by atoms with Gasteiger partial charge >= 0.3 is 21.7 Å². The number of halogens is 3. The van der Waals surface area contributed by atoms with Crippen LogP contribution in [0.1, 0.15) is 65.7 Å². The first-order valence-electron chi connectivity index (χ1n) is 12.7. The number of benzene rings is 2. The Kier molecular flexibility index (Phi) is 7.85. The fraction of sp³-hybridized carbons (Fsp3) is 0.481. The molecule has 1 amide bonds. The minimum Gasteiger partial charge on any atom is -0.444 e. The second-order valence-electron chi connectivity index (χ2n) is 11.1. The van der Waals surface area contributed by atoms with E-state index >= 15 is 0 Å². The molecule has 218 valence electrons. The van der Waals surface area contributed by atoms with E-state index in [4.69, 9.17) is 13.7 Å². The van der Waals surface area contributed by atoms with Crippen LogP contribution in [0.4, 0.5) is 18.0 Å². The summed E-state index contributed by atoms with van der Waals surface area (Å²) in [5.41, 5.74) is -5.73. The smallest absolute Gasteiger partial charge is 0.444 e. The third-order valence-corrected chi connectivity index (χ3v) is 7.27. The van der Waals surface area contributed by atoms with E-state index in [2.05, 4.69) is 10.4 Å². The van der Waals surface area contributed by atoms with Crippen LogP contribution in [0.15, 0.2) is 42.6 Å². The largest absolute Gasteiger partial charge is 0.534 e. The lowest BCUT2D eigenvalue weighted by Crippen LogP contribution is -2.43. The van der Waals surface area contributed by atoms with Crippen molar-refractivity contribution in [3.05, 3.63) is 48.2 Å². The van der Waals surface area contributed by atoms with Gasteiger partial charge in [-0.25, -0.2) is 9.48 Å². The fourth-order valence-electron chi connectivity index (χ4n) is 4.34. The average Bonchev–Trinajstić information content (AvgIpc) is 3.27. The zero-order valence-corrected chi connectivity index (χ0v) is 23.6. The van der Waals surface area contributed by atoms with Crippen LogP contribution >= 0.6 is 0 Å². The van der Waals surface area contributed by atoms with E-state index in [1.165, 1.54) is 16.9 Å². The van der Waals surface area contributed by atoms with Crippen molar-refractivity contribution < 1.29 is 40.0 Å². The van der Waals surface area contributed by atoms with Crippen molar-refractivity contribution in [2.45, 2.75) is 76.8 Å². The highest BCUT2D eigenvalue weighted by molar-refractivity contribution is 7.88. The maximum atomic E-state index is 13.3. The van der Waals surface area contributed by atoms with Gasteiger partial charge in [-0.05, 0) is 77.1 Å². The zero-order chi connectivity index (χ0) is 29.5. The Hall–Kier alpha value is -3.32. The molecule has 0 aliphatic carbocycles. The average molecular weight is 584 g/mol. The molecule has 1 N–H and O–H groups in total. The molecule has 4 rings (SSSR count). The molecule has 0 bridgehead atoms. The summed E-state index contributed by atoms with van der Waals surface area (Å²) < 4.78 is 81.5. The number of amides is 1. The normalized spacial score (nSPS) is 17.1. The minimum absolute atomic E-state index is 0.0931. The first-order chi connectivity index (χ1) is 18.5. The highest BCUT2D eigenvalue weighted by Gasteiger charge is 2.49. The number of carbonyl (C=O) groups excluding carboxylic acids is 1. The van der Waals surface area contributed by atoms with Crippen LogP contribution in [0.5, 0.6) is 5.75 Å². The lowest BCUT2D eigenvalue weighted by molar-refractivity contribution is -0.0499. The molecule has 0 radical (unpaired) electrons. The highest BCUT2D eigenvalue weighted by atomic mass is 32.2. The van der Waals surface area contributed by atoms with Gasteiger partial charge in [0.1, 0.15) is 11.8 Å². The van der Waals surface area contributed by atoms with Gasteiger partial charge in [-0.1, -0.05) is 24.3 Å². The predicted octanol–water partition coefficient (Wildman–Crippen LogP) is 6.39. The van der Waals surface area contributed by atoms with Crippen LogP contribution in [0.2, 0.25) is 0 Å². The van der Waals surface area contributed by atoms with Crippen LogP contribution in [0, 0.1) is 0 Å². The first-order valence-corrected chi connectivity index (χ1v) is 14.1. The molecule has 9 nitrogen and oxygen atoms in total. The first kappa shape index (κ1) is 29.7. The van der Waals surface area contributed by atoms with Crippen LogP contribution in [-0.4, -0.2) is 42.0 Å². The number of hydrogen-bond donors (Lipinski definition) is 1. The lowest BCUT2D eigenvalue weighted by Gasteiger charge is -2.29. The molecule has 1 aromatic heterocycles. The van der Waals surface area contributed by atoms with E-state index in [9.17, 15) is 26.4 Å². The second-order valence-corrected chi connectivity index (χ2v) is 12.7. The van der Waals surface area contributed by atoms with E-state index in [0.29, 0.717) is 24.2 Å². The summed E-state index contributed by atoms with van der Waals surface area (Å²) in [6, 6.07) is 9.62. The van der Waals surface area contributed by atoms with Crippen molar-refractivity contribution in [1.29, 1.82) is 0 Å². The molecule has 1 aliphatic rings. The lowest BCUT2D eigenvalue weighted by atomic mass is 9.92. The number of alkyl halides is 3. The SMILES string of the molecule is CC(C)(C)OC(=O)NC(C)(C)c1ccc(-c2ccc3nn(C4CCCCO4)cc3c2OS(=O)(=O)C(F)(F)F)cc1. The van der Waals surface area contributed by atoms with Crippen molar-refractivity contribution in [1.82, 2.24) is 15.1 Å². The summed E-state index contributed by atoms with van der Waals surface area (Å²) >= 11 is 0. The highest BCUT2D eigenvalue weighted by Crippen LogP contribution is 2.41. The quantitative estimate of drug-likeness (QED) is 0.265. The predicted molar refractivity (Wildman–Crippen MR) is 142 cm³/mol. The number of carbonyl (C=O) groups is 1. The Morgan fingerprint density at radius 1 is 1.05 bits per heavy atom. The summed E-state index contributed by atoms with van der Waals surface area (Å²) in [7, 11) is -5.98. The van der Waals surface area contributed by atoms with Gasteiger partial charge in [0.15, 0.2) is 5.75 Å². The van der Waals surface area contributed by atoms with Crippen LogP contribution in [0.25, 0.3) is 22.0 Å². The monoisotopic (exact) mass is 583 g/mol. The number of rotatable bonds is 6. The molecule has 1 saturated heterocycles. The fourth-order valence-corrected chi connectivity index (χ4v) is 4.83. The van der Waals surface area contributed by atoms with Crippen molar-refractivity contribution in [3.63, 3.8) is 0 Å². The molecule has 0 saturated carbocycles. The van der Waals surface area contributed by atoms with Crippen molar-refractivity contribution in [2.75, 3.05) is 6.61 Å². The van der Waals surface area contributed by atoms with E-state index in [1.54, 1.807) is 65.0 Å². The molecule has 3 aromatic rings. The van der Waals surface area contributed by atoms with Gasteiger partial charge in [-0.3, -0.25) is 0 Å². The Morgan fingerprint density at radius 2 is 1.73 bits per heavy atom. The molecule has 40 heavy (non-hydrogen) atoms. The van der Waals surface area contributed by atoms with Gasteiger partial charge in [0.2, 0.25) is 0 Å². The Balaban J connectivity index is 1.74. The molecular weight excluding hydrogens is 551 g/mol. The van der Waals surface area contributed by atoms with E-state index in [0.717, 1.165) is 12.8 Å². The molecule has 1 aliphatic heterocycles. The molecule has 13 heteroatoms. The maximum absolute atomic E-state index is 13.3. The summed E-state index contributed by atoms with van der Waals surface area (Å²) in [4.78, 5) is 12.3. The Morgan fingerprint density at radius 3 is 2.30 bits per heavy atom. The van der Waals surface area contributed by atoms with E-state index in [-0.39, 0.29) is 16.5 Å². The number of aromatic nitrogens is 2. The van der Waals surface area contributed by atoms with Crippen molar-refractivity contribution in [2.24, 2.45) is 0 Å². The standard InChI is InChI=1S/C27H32F3N3O6S/c1-25(2,3)38-24(34)31-26(4,5)18-11-9-17(10-12-18)19-13-14-21-20(23(19)39-40(35,36)27(28,29)30)16-33(32-21)22-8-6-7-15-37-22/h9-14,16,22H,6-8,15H2,1-5H3,(H,31,34). The van der Waals surface area contributed by atoms with Crippen LogP contribution in [0.3, 0.4) is 0 Å². The Bertz CT molecular complexity index is 1490. The number of ether oxygens (including phenoxy) is 2. The number of nitrogens with one attached hydrogen (secondary N) is 1. The number of hydrogen-bond acceptors (Lipinski definition) is 7. The minimum atomic E-state index is -5.98. The molecular formula is C27H32F3N3O6S. The van der Waals surface area contributed by atoms with E-state index < -0.39 is 44.8 Å². The topological polar surface area (TPSA) is 109 Å². The Labute approximate surface area is 230 Å². The van der Waals surface area contributed by atoms with Gasteiger partial charge in [0.25, 0.3) is 0 Å². The van der Waals surface area contributed by atoms with Crippen molar-refractivity contribution >= 4 is 27.1 Å². The van der Waals surface area contributed by atoms with Crippen LogP contribution < -0.4 is 9.50 Å². The zero-order valence-electron chi connectivity index (χ0n) is 22.8. The molecule has 1 unspecified atom stereocenters. The van der Waals surface area contributed by atoms with Gasteiger partial charge in [-0.15, -0.1) is 0 Å². The second kappa shape index (κ2) is 10.6. The summed E-state index contributed by atoms with van der Waals surface area (Å²) in [5.74, 6) is -0.490. The van der Waals surface area contributed by atoms with Crippen molar-refractivity contribution in [3.8, 4) is 16.9 Å². The third kappa shape index (κ3) is 6.52. The maximum Gasteiger partial charge on any atom is 0.534 e. The summed E-state index contributed by atoms with van der Waals surface area (Å²) in [6.07, 6.45) is 2.85. The summed E-state index contributed by atoms with van der Waals surface area (Å²) in [6.45, 7) is 9.29. The molecule has 0 spiro atoms. The van der Waals surface area contributed by atoms with E-state index in [1.807, 2.05) is 0 Å². The molecule has 2 aromatic carbocycles. The number of nitrogens with zero attached hydrogens (tertiary/aromatic N) is 2. The van der Waals surface area contributed by atoms with Gasteiger partial charge < -0.3 is 19.0 Å². The number of alkyl carbamates (subject to hydrolysis) is 1. The third-order valence-electron chi connectivity index (χ3n) is 6.32. The summed E-state index contributed by atoms with van der Waals surface area (Å²) in [5, 5.41) is 7.29. The van der Waals surface area contributed by atoms with Crippen LogP contribution in [-0.2, 0) is 25.1 Å². The molecule has 1 atom stereocenters. The number of fused-ring (bicyclic) bond motifs is 1. The van der Waals surface area contributed by atoms with Gasteiger partial charge in [0, 0.05) is 18.4 Å². The molecule has 2 heterocycles. The van der Waals surface area contributed by atoms with Gasteiger partial charge in [0.05, 0.1) is 16.4 Å².